The smallest absolute Gasteiger partial charge is 0.209 e. The van der Waals surface area contributed by atoms with E-state index in [1.165, 1.54) is 0 Å². The molecule has 4 heteroatoms. The van der Waals surface area contributed by atoms with Crippen molar-refractivity contribution in [3.8, 4) is 5.75 Å². The topological polar surface area (TPSA) is 26.3 Å². The maximum absolute atomic E-state index is 12.0. The van der Waals surface area contributed by atoms with Crippen LogP contribution >= 0.6 is 32.9 Å². The average molecular weight is 350 g/mol. The van der Waals surface area contributed by atoms with Gasteiger partial charge in [0, 0.05) is 4.47 Å². The molecule has 0 saturated carbocycles. The van der Waals surface area contributed by atoms with E-state index in [1.807, 2.05) is 19.9 Å². The van der Waals surface area contributed by atoms with Gasteiger partial charge in [-0.1, -0.05) is 15.9 Å². The molecule has 2 rings (SSSR count). The van der Waals surface area contributed by atoms with Gasteiger partial charge in [0.05, 0.1) is 5.56 Å². The predicted molar refractivity (Wildman–Crippen MR) is 73.0 cm³/mol. The molecule has 1 aliphatic heterocycles. The van der Waals surface area contributed by atoms with Crippen LogP contribution in [0.1, 0.15) is 35.3 Å². The normalized spacial score (nSPS) is 16.4. The van der Waals surface area contributed by atoms with E-state index < -0.39 is 5.60 Å². The van der Waals surface area contributed by atoms with Crippen LogP contribution in [0.2, 0.25) is 0 Å². The number of Topliss-reactive ketones (excluding diaryl/α,β-unsaturated/α-hetero) is 1. The lowest BCUT2D eigenvalue weighted by Gasteiger charge is -2.16. The van der Waals surface area contributed by atoms with Gasteiger partial charge in [-0.15, -0.1) is 17.0 Å². The largest absolute Gasteiger partial charge is 0.479 e. The molecular weight excluding hydrogens is 336 g/mol. The highest BCUT2D eigenvalue weighted by Crippen LogP contribution is 2.41. The molecule has 88 valence electrons. The van der Waals surface area contributed by atoms with Gasteiger partial charge in [-0.2, -0.15) is 0 Å². The van der Waals surface area contributed by atoms with Crippen molar-refractivity contribution in [1.29, 1.82) is 0 Å². The van der Waals surface area contributed by atoms with Crippen LogP contribution < -0.4 is 4.74 Å². The maximum Gasteiger partial charge on any atom is 0.209 e. The Balaban J connectivity index is 0.00000128. The summed E-state index contributed by atoms with van der Waals surface area (Å²) in [6, 6.07) is 1.86. The van der Waals surface area contributed by atoms with Crippen molar-refractivity contribution in [3.63, 3.8) is 0 Å². The molecule has 0 bridgehead atoms. The monoisotopic (exact) mass is 348 g/mol. The van der Waals surface area contributed by atoms with Crippen LogP contribution in [0.3, 0.4) is 0 Å². The maximum atomic E-state index is 12.0. The highest BCUT2D eigenvalue weighted by atomic mass is 79.9. The lowest BCUT2D eigenvalue weighted by molar-refractivity contribution is 0.0683. The molecule has 0 N–H and O–H groups in total. The summed E-state index contributed by atoms with van der Waals surface area (Å²) < 4.78 is 6.67. The SMILES string of the molecule is Br.Cc1c(Br)cc2c(c1C)OC(C)(C)C2=O. The van der Waals surface area contributed by atoms with Gasteiger partial charge in [0.2, 0.25) is 5.78 Å². The van der Waals surface area contributed by atoms with Crippen molar-refractivity contribution in [2.75, 3.05) is 0 Å². The Kier molecular flexibility index (Phi) is 3.56. The van der Waals surface area contributed by atoms with Gasteiger partial charge in [0.25, 0.3) is 0 Å². The molecule has 0 atom stereocenters. The van der Waals surface area contributed by atoms with E-state index in [0.29, 0.717) is 5.56 Å². The van der Waals surface area contributed by atoms with Gasteiger partial charge >= 0.3 is 0 Å². The number of carbonyl (C=O) groups excluding carboxylic acids is 1. The van der Waals surface area contributed by atoms with Crippen molar-refractivity contribution in [2.24, 2.45) is 0 Å². The fourth-order valence-electron chi connectivity index (χ4n) is 1.78. The van der Waals surface area contributed by atoms with Crippen LogP contribution in [0.25, 0.3) is 0 Å². The van der Waals surface area contributed by atoms with E-state index in [1.54, 1.807) is 13.8 Å². The number of hydrogen-bond donors (Lipinski definition) is 0. The van der Waals surface area contributed by atoms with Gasteiger partial charge < -0.3 is 4.74 Å². The minimum absolute atomic E-state index is 0. The first-order valence-electron chi connectivity index (χ1n) is 4.88. The molecule has 0 radical (unpaired) electrons. The van der Waals surface area contributed by atoms with E-state index in [0.717, 1.165) is 21.3 Å². The van der Waals surface area contributed by atoms with Crippen molar-refractivity contribution < 1.29 is 9.53 Å². The minimum Gasteiger partial charge on any atom is -0.479 e. The number of halogens is 2. The molecule has 2 nitrogen and oxygen atoms in total. The summed E-state index contributed by atoms with van der Waals surface area (Å²) in [6.45, 7) is 7.60. The summed E-state index contributed by atoms with van der Waals surface area (Å²) in [4.78, 5) is 12.0. The lowest BCUT2D eigenvalue weighted by atomic mass is 9.97. The van der Waals surface area contributed by atoms with Gasteiger partial charge in [-0.25, -0.2) is 0 Å². The number of ether oxygens (including phenoxy) is 1. The summed E-state index contributed by atoms with van der Waals surface area (Å²) in [6.07, 6.45) is 0. The number of rotatable bonds is 0. The number of fused-ring (bicyclic) bond motifs is 1. The first-order chi connectivity index (χ1) is 6.84. The van der Waals surface area contributed by atoms with Gasteiger partial charge in [-0.3, -0.25) is 4.79 Å². The molecule has 0 amide bonds. The zero-order chi connectivity index (χ0) is 11.4. The van der Waals surface area contributed by atoms with Crippen LogP contribution in [0.5, 0.6) is 5.75 Å². The van der Waals surface area contributed by atoms with Gasteiger partial charge in [-0.05, 0) is 44.9 Å². The fraction of sp³-hybridized carbons (Fsp3) is 0.417. The van der Waals surface area contributed by atoms with E-state index in [4.69, 9.17) is 4.74 Å². The Labute approximate surface area is 114 Å². The average Bonchev–Trinajstić information content (AvgIpc) is 2.38. The molecule has 0 saturated heterocycles. The zero-order valence-electron chi connectivity index (χ0n) is 9.68. The van der Waals surface area contributed by atoms with Gasteiger partial charge in [0.15, 0.2) is 5.60 Å². The Bertz CT molecular complexity index is 465. The number of ketones is 1. The summed E-state index contributed by atoms with van der Waals surface area (Å²) >= 11 is 3.46. The third kappa shape index (κ3) is 1.82. The summed E-state index contributed by atoms with van der Waals surface area (Å²) in [5.41, 5.74) is 2.13. The summed E-state index contributed by atoms with van der Waals surface area (Å²) in [5, 5.41) is 0. The first kappa shape index (κ1) is 13.7. The van der Waals surface area contributed by atoms with E-state index in [9.17, 15) is 4.79 Å². The van der Waals surface area contributed by atoms with Crippen molar-refractivity contribution in [1.82, 2.24) is 0 Å². The van der Waals surface area contributed by atoms with E-state index in [-0.39, 0.29) is 22.8 Å². The van der Waals surface area contributed by atoms with Crippen LogP contribution in [0, 0.1) is 13.8 Å². The molecule has 0 aliphatic carbocycles. The summed E-state index contributed by atoms with van der Waals surface area (Å²) in [7, 11) is 0. The third-order valence-corrected chi connectivity index (χ3v) is 3.75. The second-order valence-electron chi connectivity index (χ2n) is 4.43. The number of benzene rings is 1. The molecule has 1 aromatic carbocycles. The predicted octanol–water partition coefficient (Wildman–Crippen LogP) is 4.00. The Morgan fingerprint density at radius 1 is 1.25 bits per heavy atom. The van der Waals surface area contributed by atoms with Crippen molar-refractivity contribution in [3.05, 3.63) is 27.2 Å². The van der Waals surface area contributed by atoms with Crippen LogP contribution in [-0.4, -0.2) is 11.4 Å². The molecule has 0 aromatic heterocycles. The van der Waals surface area contributed by atoms with Crippen LogP contribution in [-0.2, 0) is 0 Å². The first-order valence-corrected chi connectivity index (χ1v) is 5.67. The van der Waals surface area contributed by atoms with E-state index in [2.05, 4.69) is 15.9 Å². The molecule has 0 fully saturated rings. The lowest BCUT2D eigenvalue weighted by Crippen LogP contribution is -2.32. The van der Waals surface area contributed by atoms with Crippen molar-refractivity contribution in [2.45, 2.75) is 33.3 Å². The number of hydrogen-bond acceptors (Lipinski definition) is 2. The molecule has 0 spiro atoms. The van der Waals surface area contributed by atoms with E-state index >= 15 is 0 Å². The molecule has 16 heavy (non-hydrogen) atoms. The molecular formula is C12H14Br2O2. The zero-order valence-corrected chi connectivity index (χ0v) is 13.0. The highest BCUT2D eigenvalue weighted by molar-refractivity contribution is 9.10. The molecule has 1 aliphatic rings. The van der Waals surface area contributed by atoms with Crippen LogP contribution in [0.4, 0.5) is 0 Å². The molecule has 1 aromatic rings. The summed E-state index contributed by atoms with van der Waals surface area (Å²) in [5.74, 6) is 0.798. The molecule has 0 unspecified atom stereocenters. The van der Waals surface area contributed by atoms with Crippen molar-refractivity contribution >= 4 is 38.7 Å². The molecule has 1 heterocycles. The Morgan fingerprint density at radius 2 is 1.81 bits per heavy atom. The Hall–Kier alpha value is -0.350. The van der Waals surface area contributed by atoms with Gasteiger partial charge in [0.1, 0.15) is 5.75 Å². The number of carbonyl (C=O) groups is 1. The second kappa shape index (κ2) is 4.15. The Morgan fingerprint density at radius 3 is 2.38 bits per heavy atom. The minimum atomic E-state index is -0.722. The third-order valence-electron chi connectivity index (χ3n) is 2.93. The highest BCUT2D eigenvalue weighted by Gasteiger charge is 2.41. The quantitative estimate of drug-likeness (QED) is 0.707. The standard InChI is InChI=1S/C12H13BrO2.BrH/c1-6-7(2)10-8(5-9(6)13)11(14)12(3,4)15-10;/h5H,1-4H3;1H. The second-order valence-corrected chi connectivity index (χ2v) is 5.28. The fourth-order valence-corrected chi connectivity index (χ4v) is 2.30. The van der Waals surface area contributed by atoms with Crippen LogP contribution in [0.15, 0.2) is 10.5 Å².